The summed E-state index contributed by atoms with van der Waals surface area (Å²) < 4.78 is 40.4. The Hall–Kier alpha value is -2.82. The van der Waals surface area contributed by atoms with Gasteiger partial charge in [-0.3, -0.25) is 4.79 Å². The third kappa shape index (κ3) is 4.82. The zero-order valence-electron chi connectivity index (χ0n) is 17.5. The monoisotopic (exact) mass is 464 g/mol. The molecule has 0 bridgehead atoms. The molecule has 0 radical (unpaired) electrons. The number of hydrogen-bond donors (Lipinski definition) is 1. The summed E-state index contributed by atoms with van der Waals surface area (Å²) in [5, 5.41) is 8.62. The molecule has 170 valence electrons. The van der Waals surface area contributed by atoms with Gasteiger partial charge in [-0.1, -0.05) is 24.8 Å². The van der Waals surface area contributed by atoms with E-state index in [9.17, 15) is 18.0 Å². The van der Waals surface area contributed by atoms with Crippen LogP contribution in [0.25, 0.3) is 11.0 Å². The largest absolute Gasteiger partial charge is 0.416 e. The Bertz CT molecular complexity index is 1110. The molecule has 0 atom stereocenters. The number of thioether (sulfide) groups is 1. The third-order valence-electron chi connectivity index (χ3n) is 5.20. The number of amides is 1. The fourth-order valence-corrected chi connectivity index (χ4v) is 4.22. The maximum Gasteiger partial charge on any atom is 0.416 e. The lowest BCUT2D eigenvalue weighted by atomic mass is 10.1. The lowest BCUT2D eigenvalue weighted by molar-refractivity contribution is -0.137. The molecule has 32 heavy (non-hydrogen) atoms. The zero-order valence-corrected chi connectivity index (χ0v) is 18.3. The van der Waals surface area contributed by atoms with E-state index < -0.39 is 17.6 Å². The Kier molecular flexibility index (Phi) is 6.54. The predicted octanol–water partition coefficient (Wildman–Crippen LogP) is 3.99. The summed E-state index contributed by atoms with van der Waals surface area (Å²) in [4.78, 5) is 23.9. The van der Waals surface area contributed by atoms with E-state index in [2.05, 4.69) is 20.3 Å². The highest BCUT2D eigenvalue weighted by Crippen LogP contribution is 2.30. The molecule has 0 aliphatic carbocycles. The first-order valence-corrected chi connectivity index (χ1v) is 11.4. The van der Waals surface area contributed by atoms with E-state index in [1.807, 2.05) is 6.92 Å². The molecule has 1 aromatic carbocycles. The van der Waals surface area contributed by atoms with Crippen LogP contribution < -0.4 is 10.2 Å². The molecule has 1 aliphatic rings. The molecule has 3 heterocycles. The van der Waals surface area contributed by atoms with E-state index in [4.69, 9.17) is 4.98 Å². The van der Waals surface area contributed by atoms with E-state index in [1.54, 1.807) is 22.6 Å². The summed E-state index contributed by atoms with van der Waals surface area (Å²) in [5.74, 6) is 1.15. The van der Waals surface area contributed by atoms with Gasteiger partial charge in [0, 0.05) is 25.2 Å². The van der Waals surface area contributed by atoms with Crippen molar-refractivity contribution in [1.82, 2.24) is 25.1 Å². The van der Waals surface area contributed by atoms with E-state index in [0.29, 0.717) is 17.3 Å². The Labute approximate surface area is 187 Å². The second-order valence-electron chi connectivity index (χ2n) is 7.40. The van der Waals surface area contributed by atoms with Gasteiger partial charge < -0.3 is 10.2 Å². The fraction of sp³-hybridized carbons (Fsp3) is 0.429. The SMILES string of the molecule is CCSc1nc(N2CCCC2)c2cnn(CCNC(=O)c3cccc(C(F)(F)F)c3)c2n1. The van der Waals surface area contributed by atoms with Crippen molar-refractivity contribution in [2.24, 2.45) is 0 Å². The standard InChI is InChI=1S/C21H23F3N6OS/c1-2-32-20-27-17(29-9-3-4-10-29)16-13-26-30(18(16)28-20)11-8-25-19(31)14-6-5-7-15(12-14)21(22,23)24/h5-7,12-13H,2-4,8-11H2,1H3,(H,25,31). The Morgan fingerprint density at radius 2 is 2.00 bits per heavy atom. The summed E-state index contributed by atoms with van der Waals surface area (Å²) in [6.07, 6.45) is -0.516. The van der Waals surface area contributed by atoms with Crippen molar-refractivity contribution >= 4 is 34.5 Å². The average molecular weight is 465 g/mol. The minimum atomic E-state index is -4.49. The number of nitrogens with one attached hydrogen (secondary N) is 1. The van der Waals surface area contributed by atoms with Crippen molar-refractivity contribution in [3.63, 3.8) is 0 Å². The van der Waals surface area contributed by atoms with Crippen LogP contribution in [0.15, 0.2) is 35.6 Å². The number of benzene rings is 1. The normalized spacial score (nSPS) is 14.3. The number of carbonyl (C=O) groups is 1. The molecule has 1 fully saturated rings. The van der Waals surface area contributed by atoms with Crippen LogP contribution in [-0.2, 0) is 12.7 Å². The minimum Gasteiger partial charge on any atom is -0.356 e. The van der Waals surface area contributed by atoms with Crippen LogP contribution in [0.5, 0.6) is 0 Å². The van der Waals surface area contributed by atoms with Gasteiger partial charge in [0.05, 0.1) is 23.7 Å². The van der Waals surface area contributed by atoms with Gasteiger partial charge in [-0.25, -0.2) is 14.6 Å². The van der Waals surface area contributed by atoms with E-state index in [0.717, 1.165) is 55.0 Å². The van der Waals surface area contributed by atoms with E-state index in [-0.39, 0.29) is 12.1 Å². The van der Waals surface area contributed by atoms with Crippen molar-refractivity contribution in [3.05, 3.63) is 41.6 Å². The molecule has 0 saturated carbocycles. The molecule has 11 heteroatoms. The van der Waals surface area contributed by atoms with E-state index >= 15 is 0 Å². The molecular formula is C21H23F3N6OS. The van der Waals surface area contributed by atoms with Gasteiger partial charge in [-0.15, -0.1) is 0 Å². The Morgan fingerprint density at radius 1 is 1.22 bits per heavy atom. The molecule has 7 nitrogen and oxygen atoms in total. The molecule has 1 amide bonds. The maximum absolute atomic E-state index is 12.9. The van der Waals surface area contributed by atoms with Crippen LogP contribution in [-0.4, -0.2) is 51.0 Å². The Balaban J connectivity index is 1.49. The lowest BCUT2D eigenvalue weighted by Crippen LogP contribution is -2.28. The topological polar surface area (TPSA) is 75.9 Å². The molecule has 1 N–H and O–H groups in total. The minimum absolute atomic E-state index is 0.0366. The van der Waals surface area contributed by atoms with Crippen LogP contribution in [0, 0.1) is 0 Å². The first-order valence-electron chi connectivity index (χ1n) is 10.4. The molecule has 1 saturated heterocycles. The zero-order chi connectivity index (χ0) is 22.7. The summed E-state index contributed by atoms with van der Waals surface area (Å²) >= 11 is 1.55. The highest BCUT2D eigenvalue weighted by atomic mass is 32.2. The quantitative estimate of drug-likeness (QED) is 0.421. The van der Waals surface area contributed by atoms with Crippen molar-refractivity contribution in [2.45, 2.75) is 37.6 Å². The number of hydrogen-bond acceptors (Lipinski definition) is 6. The Morgan fingerprint density at radius 3 is 2.72 bits per heavy atom. The number of carbonyl (C=O) groups excluding carboxylic acids is 1. The van der Waals surface area contributed by atoms with E-state index in [1.165, 1.54) is 12.1 Å². The second-order valence-corrected chi connectivity index (χ2v) is 8.63. The van der Waals surface area contributed by atoms with Gasteiger partial charge in [0.25, 0.3) is 5.91 Å². The molecule has 1 aliphatic heterocycles. The highest BCUT2D eigenvalue weighted by Gasteiger charge is 2.30. The summed E-state index contributed by atoms with van der Waals surface area (Å²) in [5.41, 5.74) is -0.202. The number of halogens is 3. The van der Waals surface area contributed by atoms with Gasteiger partial charge in [0.1, 0.15) is 5.82 Å². The predicted molar refractivity (Wildman–Crippen MR) is 117 cm³/mol. The fourth-order valence-electron chi connectivity index (χ4n) is 3.66. The number of anilines is 1. The van der Waals surface area contributed by atoms with Gasteiger partial charge in [0.2, 0.25) is 0 Å². The molecular weight excluding hydrogens is 441 g/mol. The third-order valence-corrected chi connectivity index (χ3v) is 5.93. The first-order chi connectivity index (χ1) is 15.4. The lowest BCUT2D eigenvalue weighted by Gasteiger charge is -2.17. The molecule has 0 spiro atoms. The smallest absolute Gasteiger partial charge is 0.356 e. The van der Waals surface area contributed by atoms with Gasteiger partial charge in [0.15, 0.2) is 10.8 Å². The van der Waals surface area contributed by atoms with Crippen molar-refractivity contribution in [3.8, 4) is 0 Å². The number of alkyl halides is 3. The summed E-state index contributed by atoms with van der Waals surface area (Å²) in [6.45, 7) is 4.46. The van der Waals surface area contributed by atoms with Crippen molar-refractivity contribution < 1.29 is 18.0 Å². The first kappa shape index (κ1) is 22.4. The van der Waals surface area contributed by atoms with Crippen LogP contribution in [0.3, 0.4) is 0 Å². The van der Waals surface area contributed by atoms with Crippen LogP contribution in [0.2, 0.25) is 0 Å². The highest BCUT2D eigenvalue weighted by molar-refractivity contribution is 7.99. The van der Waals surface area contributed by atoms with Crippen LogP contribution in [0.1, 0.15) is 35.7 Å². The number of nitrogens with zero attached hydrogens (tertiary/aromatic N) is 5. The summed E-state index contributed by atoms with van der Waals surface area (Å²) in [7, 11) is 0. The maximum atomic E-state index is 12.9. The number of aromatic nitrogens is 4. The van der Waals surface area contributed by atoms with Crippen LogP contribution in [0.4, 0.5) is 19.0 Å². The van der Waals surface area contributed by atoms with Gasteiger partial charge in [-0.2, -0.15) is 18.3 Å². The van der Waals surface area contributed by atoms with Crippen LogP contribution >= 0.6 is 11.8 Å². The second kappa shape index (κ2) is 9.35. The molecule has 3 aromatic rings. The molecule has 0 unspecified atom stereocenters. The van der Waals surface area contributed by atoms with Crippen molar-refractivity contribution in [1.29, 1.82) is 0 Å². The van der Waals surface area contributed by atoms with Gasteiger partial charge in [-0.05, 0) is 36.8 Å². The van der Waals surface area contributed by atoms with Gasteiger partial charge >= 0.3 is 6.18 Å². The molecule has 4 rings (SSSR count). The number of fused-ring (bicyclic) bond motifs is 1. The van der Waals surface area contributed by atoms with Crippen molar-refractivity contribution in [2.75, 3.05) is 30.3 Å². The summed E-state index contributed by atoms with van der Waals surface area (Å²) in [6, 6.07) is 4.37. The number of rotatable bonds is 7. The average Bonchev–Trinajstić information content (AvgIpc) is 3.43. The molecule has 2 aromatic heterocycles.